The maximum atomic E-state index is 12.2. The number of carbonyl (C=O) groups is 1. The van der Waals surface area contributed by atoms with Crippen molar-refractivity contribution in [2.75, 3.05) is 7.11 Å². The van der Waals surface area contributed by atoms with Gasteiger partial charge in [-0.1, -0.05) is 11.6 Å². The first kappa shape index (κ1) is 14.1. The summed E-state index contributed by atoms with van der Waals surface area (Å²) in [5.41, 5.74) is 1.38. The van der Waals surface area contributed by atoms with Crippen LogP contribution in [0.3, 0.4) is 0 Å². The molecule has 0 aliphatic carbocycles. The normalized spacial score (nSPS) is 10.5. The van der Waals surface area contributed by atoms with E-state index in [1.54, 1.807) is 30.0 Å². The molecule has 0 aliphatic heterocycles. The molecule has 4 nitrogen and oxygen atoms in total. The van der Waals surface area contributed by atoms with Crippen LogP contribution in [0.1, 0.15) is 16.1 Å². The van der Waals surface area contributed by atoms with Gasteiger partial charge in [0.2, 0.25) is 0 Å². The zero-order chi connectivity index (χ0) is 14.0. The van der Waals surface area contributed by atoms with Crippen molar-refractivity contribution < 1.29 is 9.53 Å². The molecule has 0 saturated heterocycles. The van der Waals surface area contributed by atoms with Gasteiger partial charge in [-0.15, -0.1) is 0 Å². The highest BCUT2D eigenvalue weighted by Gasteiger charge is 2.12. The average Bonchev–Trinajstić information content (AvgIpc) is 2.70. The highest BCUT2D eigenvalue weighted by Crippen LogP contribution is 2.26. The molecule has 0 radical (unpaired) electrons. The smallest absolute Gasteiger partial charge is 0.184 e. The van der Waals surface area contributed by atoms with Crippen LogP contribution in [0.25, 0.3) is 0 Å². The van der Waals surface area contributed by atoms with Gasteiger partial charge in [0.25, 0.3) is 0 Å². The SMILES string of the molecule is COc1ccc(C(=O)Cn2ncc(Cl)c2C)cc1Br. The number of carbonyl (C=O) groups excluding carboxylic acids is 1. The lowest BCUT2D eigenvalue weighted by atomic mass is 10.1. The van der Waals surface area contributed by atoms with Gasteiger partial charge in [0, 0.05) is 5.56 Å². The number of hydrogen-bond acceptors (Lipinski definition) is 3. The third-order valence-electron chi connectivity index (χ3n) is 2.81. The molecule has 0 bridgehead atoms. The Balaban J connectivity index is 2.21. The molecule has 0 unspecified atom stereocenters. The summed E-state index contributed by atoms with van der Waals surface area (Å²) < 4.78 is 7.46. The summed E-state index contributed by atoms with van der Waals surface area (Å²) in [6.45, 7) is 1.99. The summed E-state index contributed by atoms with van der Waals surface area (Å²) in [5, 5.41) is 4.62. The number of methoxy groups -OCH3 is 1. The second kappa shape index (κ2) is 5.75. The first-order valence-corrected chi connectivity index (χ1v) is 6.74. The maximum Gasteiger partial charge on any atom is 0.184 e. The van der Waals surface area contributed by atoms with E-state index in [1.807, 2.05) is 6.92 Å². The van der Waals surface area contributed by atoms with E-state index in [4.69, 9.17) is 16.3 Å². The fraction of sp³-hybridized carbons (Fsp3) is 0.231. The van der Waals surface area contributed by atoms with Gasteiger partial charge in [-0.05, 0) is 41.1 Å². The van der Waals surface area contributed by atoms with Gasteiger partial charge in [-0.2, -0.15) is 5.10 Å². The minimum atomic E-state index is -0.0359. The Kier molecular flexibility index (Phi) is 4.27. The molecule has 0 amide bonds. The first-order chi connectivity index (χ1) is 9.02. The molecule has 2 aromatic rings. The van der Waals surface area contributed by atoms with Gasteiger partial charge in [0.05, 0.1) is 28.5 Å². The molecular weight excluding hydrogens is 332 g/mol. The number of nitrogens with zero attached hydrogens (tertiary/aromatic N) is 2. The molecule has 0 spiro atoms. The molecule has 19 heavy (non-hydrogen) atoms. The van der Waals surface area contributed by atoms with Gasteiger partial charge >= 0.3 is 0 Å². The van der Waals surface area contributed by atoms with E-state index in [0.29, 0.717) is 16.3 Å². The largest absolute Gasteiger partial charge is 0.496 e. The maximum absolute atomic E-state index is 12.2. The lowest BCUT2D eigenvalue weighted by molar-refractivity contribution is 0.0966. The Morgan fingerprint density at radius 2 is 2.26 bits per heavy atom. The van der Waals surface area contributed by atoms with E-state index < -0.39 is 0 Å². The zero-order valence-electron chi connectivity index (χ0n) is 10.5. The molecule has 1 aromatic heterocycles. The molecule has 0 fully saturated rings. The van der Waals surface area contributed by atoms with Crippen LogP contribution in [0.15, 0.2) is 28.9 Å². The van der Waals surface area contributed by atoms with Crippen LogP contribution in [-0.2, 0) is 6.54 Å². The third-order valence-corrected chi connectivity index (χ3v) is 3.80. The van der Waals surface area contributed by atoms with Gasteiger partial charge in [0.1, 0.15) is 12.3 Å². The Hall–Kier alpha value is -1.33. The molecule has 100 valence electrons. The number of ether oxygens (including phenoxy) is 1. The minimum absolute atomic E-state index is 0.0359. The Morgan fingerprint density at radius 1 is 1.53 bits per heavy atom. The molecule has 1 aromatic carbocycles. The Labute approximate surface area is 124 Å². The van der Waals surface area contributed by atoms with E-state index in [2.05, 4.69) is 21.0 Å². The minimum Gasteiger partial charge on any atom is -0.496 e. The molecule has 1 heterocycles. The number of hydrogen-bond donors (Lipinski definition) is 0. The van der Waals surface area contributed by atoms with E-state index in [-0.39, 0.29) is 12.3 Å². The summed E-state index contributed by atoms with van der Waals surface area (Å²) in [4.78, 5) is 12.2. The van der Waals surface area contributed by atoms with Crippen molar-refractivity contribution in [1.82, 2.24) is 9.78 Å². The topological polar surface area (TPSA) is 44.1 Å². The lowest BCUT2D eigenvalue weighted by Gasteiger charge is -2.07. The second-order valence-electron chi connectivity index (χ2n) is 4.01. The van der Waals surface area contributed by atoms with Crippen molar-refractivity contribution in [3.63, 3.8) is 0 Å². The first-order valence-electron chi connectivity index (χ1n) is 5.57. The van der Waals surface area contributed by atoms with Gasteiger partial charge < -0.3 is 4.74 Å². The van der Waals surface area contributed by atoms with Crippen LogP contribution in [0.2, 0.25) is 5.02 Å². The van der Waals surface area contributed by atoms with Crippen LogP contribution >= 0.6 is 27.5 Å². The summed E-state index contributed by atoms with van der Waals surface area (Å²) >= 11 is 9.26. The quantitative estimate of drug-likeness (QED) is 0.798. The molecular formula is C13H12BrClN2O2. The van der Waals surface area contributed by atoms with Crippen molar-refractivity contribution in [3.05, 3.63) is 45.1 Å². The fourth-order valence-corrected chi connectivity index (χ4v) is 2.33. The molecule has 0 atom stereocenters. The molecule has 0 saturated carbocycles. The number of ketones is 1. The van der Waals surface area contributed by atoms with Crippen molar-refractivity contribution in [2.45, 2.75) is 13.5 Å². The monoisotopic (exact) mass is 342 g/mol. The highest BCUT2D eigenvalue weighted by molar-refractivity contribution is 9.10. The second-order valence-corrected chi connectivity index (χ2v) is 5.27. The predicted molar refractivity (Wildman–Crippen MR) is 77.0 cm³/mol. The number of aromatic nitrogens is 2. The van der Waals surface area contributed by atoms with Crippen molar-refractivity contribution in [3.8, 4) is 5.75 Å². The van der Waals surface area contributed by atoms with Crippen LogP contribution in [-0.4, -0.2) is 22.7 Å². The van der Waals surface area contributed by atoms with E-state index in [0.717, 1.165) is 10.2 Å². The lowest BCUT2D eigenvalue weighted by Crippen LogP contribution is -2.13. The van der Waals surface area contributed by atoms with E-state index >= 15 is 0 Å². The third kappa shape index (κ3) is 2.98. The summed E-state index contributed by atoms with van der Waals surface area (Å²) in [6, 6.07) is 5.22. The molecule has 0 aliphatic rings. The van der Waals surface area contributed by atoms with Crippen molar-refractivity contribution in [2.24, 2.45) is 0 Å². The van der Waals surface area contributed by atoms with Gasteiger partial charge in [0.15, 0.2) is 5.78 Å². The Morgan fingerprint density at radius 3 is 2.79 bits per heavy atom. The van der Waals surface area contributed by atoms with Crippen LogP contribution in [0.5, 0.6) is 5.75 Å². The summed E-state index contributed by atoms with van der Waals surface area (Å²) in [5.74, 6) is 0.654. The van der Waals surface area contributed by atoms with E-state index in [9.17, 15) is 4.79 Å². The van der Waals surface area contributed by atoms with Crippen LogP contribution in [0, 0.1) is 6.92 Å². The zero-order valence-corrected chi connectivity index (χ0v) is 12.8. The molecule has 2 rings (SSSR count). The fourth-order valence-electron chi connectivity index (χ4n) is 1.65. The predicted octanol–water partition coefficient (Wildman–Crippen LogP) is 3.50. The number of Topliss-reactive ketones (excluding diaryl/α,β-unsaturated/α-hetero) is 1. The average molecular weight is 344 g/mol. The molecule has 0 N–H and O–H groups in total. The standard InChI is InChI=1S/C13H12BrClN2O2/c1-8-11(15)6-16-17(8)7-12(18)9-3-4-13(19-2)10(14)5-9/h3-6H,7H2,1-2H3. The van der Waals surface area contributed by atoms with Crippen LogP contribution in [0.4, 0.5) is 0 Å². The summed E-state index contributed by atoms with van der Waals surface area (Å²) in [6.07, 6.45) is 1.54. The Bertz CT molecular complexity index is 625. The van der Waals surface area contributed by atoms with Crippen molar-refractivity contribution >= 4 is 33.3 Å². The highest BCUT2D eigenvalue weighted by atomic mass is 79.9. The number of halogens is 2. The number of benzene rings is 1. The summed E-state index contributed by atoms with van der Waals surface area (Å²) in [7, 11) is 1.58. The number of rotatable bonds is 4. The van der Waals surface area contributed by atoms with Gasteiger partial charge in [-0.3, -0.25) is 9.48 Å². The van der Waals surface area contributed by atoms with Gasteiger partial charge in [-0.25, -0.2) is 0 Å². The van der Waals surface area contributed by atoms with E-state index in [1.165, 1.54) is 6.20 Å². The van der Waals surface area contributed by atoms with Crippen molar-refractivity contribution in [1.29, 1.82) is 0 Å². The molecule has 6 heteroatoms. The van der Waals surface area contributed by atoms with Crippen LogP contribution < -0.4 is 4.74 Å².